The standard InChI is InChI=1S/C19H21N3O4/c1-13-9-14(11-20)12-21(13)19(23)17-10-15(22(24)25)7-8-18(17)26-16-5-3-2-4-6-16/h2-8,10,13-14H,9,11-12,20H2,1H3. The fourth-order valence-corrected chi connectivity index (χ4v) is 3.25. The van der Waals surface area contributed by atoms with Gasteiger partial charge in [0.2, 0.25) is 0 Å². The van der Waals surface area contributed by atoms with Crippen LogP contribution in [0.4, 0.5) is 5.69 Å². The molecule has 1 fully saturated rings. The average Bonchev–Trinajstić information content (AvgIpc) is 3.03. The predicted molar refractivity (Wildman–Crippen MR) is 97.3 cm³/mol. The molecule has 0 aliphatic carbocycles. The molecule has 2 atom stereocenters. The van der Waals surface area contributed by atoms with Crippen molar-refractivity contribution in [2.45, 2.75) is 19.4 Å². The molecule has 2 aromatic carbocycles. The summed E-state index contributed by atoms with van der Waals surface area (Å²) in [6, 6.07) is 13.1. The van der Waals surface area contributed by atoms with E-state index in [1.54, 1.807) is 17.0 Å². The minimum atomic E-state index is -0.515. The van der Waals surface area contributed by atoms with Gasteiger partial charge in [-0.05, 0) is 44.0 Å². The zero-order valence-corrected chi connectivity index (χ0v) is 14.5. The Hall–Kier alpha value is -2.93. The summed E-state index contributed by atoms with van der Waals surface area (Å²) in [5.74, 6) is 0.828. The van der Waals surface area contributed by atoms with Crippen LogP contribution in [0.25, 0.3) is 0 Å². The second-order valence-electron chi connectivity index (χ2n) is 6.50. The smallest absolute Gasteiger partial charge is 0.270 e. The number of carbonyl (C=O) groups is 1. The predicted octanol–water partition coefficient (Wildman–Crippen LogP) is 3.20. The van der Waals surface area contributed by atoms with E-state index in [9.17, 15) is 14.9 Å². The summed E-state index contributed by atoms with van der Waals surface area (Å²) >= 11 is 0. The maximum absolute atomic E-state index is 13.1. The number of nitro benzene ring substituents is 1. The van der Waals surface area contributed by atoms with Gasteiger partial charge in [0, 0.05) is 24.7 Å². The van der Waals surface area contributed by atoms with Crippen LogP contribution < -0.4 is 10.5 Å². The normalized spacial score (nSPS) is 19.4. The Balaban J connectivity index is 1.96. The Bertz CT molecular complexity index is 810. The highest BCUT2D eigenvalue weighted by Crippen LogP contribution is 2.32. The number of non-ortho nitro benzene ring substituents is 1. The first kappa shape index (κ1) is 17.9. The van der Waals surface area contributed by atoms with E-state index in [4.69, 9.17) is 10.5 Å². The van der Waals surface area contributed by atoms with Gasteiger partial charge in [-0.1, -0.05) is 18.2 Å². The maximum Gasteiger partial charge on any atom is 0.270 e. The van der Waals surface area contributed by atoms with Gasteiger partial charge in [-0.25, -0.2) is 0 Å². The number of nitrogens with zero attached hydrogens (tertiary/aromatic N) is 2. The van der Waals surface area contributed by atoms with Crippen LogP contribution in [0.1, 0.15) is 23.7 Å². The number of ether oxygens (including phenoxy) is 1. The van der Waals surface area contributed by atoms with Gasteiger partial charge in [-0.15, -0.1) is 0 Å². The first-order valence-corrected chi connectivity index (χ1v) is 8.52. The van der Waals surface area contributed by atoms with Crippen molar-refractivity contribution in [3.05, 3.63) is 64.2 Å². The lowest BCUT2D eigenvalue weighted by molar-refractivity contribution is -0.384. The summed E-state index contributed by atoms with van der Waals surface area (Å²) in [4.78, 5) is 25.4. The summed E-state index contributed by atoms with van der Waals surface area (Å²) in [6.07, 6.45) is 0.825. The molecule has 0 radical (unpaired) electrons. The lowest BCUT2D eigenvalue weighted by atomic mass is 10.1. The van der Waals surface area contributed by atoms with Crippen LogP contribution in [-0.2, 0) is 0 Å². The second-order valence-corrected chi connectivity index (χ2v) is 6.50. The number of para-hydroxylation sites is 1. The number of rotatable bonds is 5. The van der Waals surface area contributed by atoms with Gasteiger partial charge in [0.05, 0.1) is 10.5 Å². The molecule has 2 N–H and O–H groups in total. The van der Waals surface area contributed by atoms with Gasteiger partial charge in [0.1, 0.15) is 11.5 Å². The van der Waals surface area contributed by atoms with Crippen molar-refractivity contribution in [1.82, 2.24) is 4.90 Å². The summed E-state index contributed by atoms with van der Waals surface area (Å²) in [6.45, 7) is 3.02. The Kier molecular flexibility index (Phi) is 5.18. The molecule has 1 saturated heterocycles. The van der Waals surface area contributed by atoms with Crippen LogP contribution in [0.15, 0.2) is 48.5 Å². The minimum Gasteiger partial charge on any atom is -0.457 e. The SMILES string of the molecule is CC1CC(CN)CN1C(=O)c1cc([N+](=O)[O-])ccc1Oc1ccccc1. The molecule has 2 aromatic rings. The molecule has 0 saturated carbocycles. The third-order valence-corrected chi connectivity index (χ3v) is 4.63. The zero-order chi connectivity index (χ0) is 18.7. The zero-order valence-electron chi connectivity index (χ0n) is 14.5. The molecule has 0 bridgehead atoms. The van der Waals surface area contributed by atoms with Crippen LogP contribution in [0.2, 0.25) is 0 Å². The number of nitro groups is 1. The Morgan fingerprint density at radius 1 is 1.31 bits per heavy atom. The van der Waals surface area contributed by atoms with E-state index in [0.29, 0.717) is 24.6 Å². The Labute approximate surface area is 151 Å². The highest BCUT2D eigenvalue weighted by atomic mass is 16.6. The number of hydrogen-bond acceptors (Lipinski definition) is 5. The molecule has 7 nitrogen and oxygen atoms in total. The monoisotopic (exact) mass is 355 g/mol. The molecular formula is C19H21N3O4. The van der Waals surface area contributed by atoms with E-state index in [1.807, 2.05) is 25.1 Å². The van der Waals surface area contributed by atoms with Crippen LogP contribution in [0.5, 0.6) is 11.5 Å². The summed E-state index contributed by atoms with van der Waals surface area (Å²) in [5.41, 5.74) is 5.79. The number of amides is 1. The number of benzene rings is 2. The molecule has 26 heavy (non-hydrogen) atoms. The van der Waals surface area contributed by atoms with Crippen molar-refractivity contribution in [2.75, 3.05) is 13.1 Å². The average molecular weight is 355 g/mol. The van der Waals surface area contributed by atoms with Crippen molar-refractivity contribution in [2.24, 2.45) is 11.7 Å². The van der Waals surface area contributed by atoms with E-state index < -0.39 is 4.92 Å². The summed E-state index contributed by atoms with van der Waals surface area (Å²) < 4.78 is 5.82. The quantitative estimate of drug-likeness (QED) is 0.656. The molecule has 1 heterocycles. The molecule has 0 aromatic heterocycles. The van der Waals surface area contributed by atoms with Gasteiger partial charge in [-0.2, -0.15) is 0 Å². The van der Waals surface area contributed by atoms with E-state index >= 15 is 0 Å². The molecule has 136 valence electrons. The van der Waals surface area contributed by atoms with Crippen LogP contribution in [-0.4, -0.2) is 34.9 Å². The van der Waals surface area contributed by atoms with Crippen molar-refractivity contribution in [3.8, 4) is 11.5 Å². The first-order valence-electron chi connectivity index (χ1n) is 8.52. The van der Waals surface area contributed by atoms with Crippen LogP contribution >= 0.6 is 0 Å². The van der Waals surface area contributed by atoms with Crippen molar-refractivity contribution in [3.63, 3.8) is 0 Å². The van der Waals surface area contributed by atoms with Crippen LogP contribution in [0, 0.1) is 16.0 Å². The molecule has 7 heteroatoms. The summed E-state index contributed by atoms with van der Waals surface area (Å²) in [5, 5.41) is 11.2. The number of nitrogens with two attached hydrogens (primary N) is 1. The van der Waals surface area contributed by atoms with Gasteiger partial charge in [0.15, 0.2) is 0 Å². The third kappa shape index (κ3) is 3.67. The summed E-state index contributed by atoms with van der Waals surface area (Å²) in [7, 11) is 0. The maximum atomic E-state index is 13.1. The Morgan fingerprint density at radius 3 is 2.65 bits per heavy atom. The first-order chi connectivity index (χ1) is 12.5. The second kappa shape index (κ2) is 7.53. The fourth-order valence-electron chi connectivity index (χ4n) is 3.25. The topological polar surface area (TPSA) is 98.7 Å². The van der Waals surface area contributed by atoms with Gasteiger partial charge in [0.25, 0.3) is 11.6 Å². The molecular weight excluding hydrogens is 334 g/mol. The van der Waals surface area contributed by atoms with Crippen molar-refractivity contribution in [1.29, 1.82) is 0 Å². The molecule has 0 spiro atoms. The number of carbonyl (C=O) groups excluding carboxylic acids is 1. The van der Waals surface area contributed by atoms with Crippen molar-refractivity contribution >= 4 is 11.6 Å². The van der Waals surface area contributed by atoms with E-state index in [0.717, 1.165) is 6.42 Å². The highest BCUT2D eigenvalue weighted by Gasteiger charge is 2.34. The fraction of sp³-hybridized carbons (Fsp3) is 0.316. The van der Waals surface area contributed by atoms with E-state index in [2.05, 4.69) is 0 Å². The molecule has 1 aliphatic rings. The largest absolute Gasteiger partial charge is 0.457 e. The molecule has 1 amide bonds. The third-order valence-electron chi connectivity index (χ3n) is 4.63. The lowest BCUT2D eigenvalue weighted by Gasteiger charge is -2.22. The van der Waals surface area contributed by atoms with E-state index in [-0.39, 0.29) is 29.1 Å². The number of likely N-dealkylation sites (tertiary alicyclic amines) is 1. The molecule has 1 aliphatic heterocycles. The van der Waals surface area contributed by atoms with Gasteiger partial charge in [-0.3, -0.25) is 14.9 Å². The van der Waals surface area contributed by atoms with Crippen LogP contribution in [0.3, 0.4) is 0 Å². The van der Waals surface area contributed by atoms with Gasteiger partial charge >= 0.3 is 0 Å². The Morgan fingerprint density at radius 2 is 2.04 bits per heavy atom. The number of hydrogen-bond donors (Lipinski definition) is 1. The lowest BCUT2D eigenvalue weighted by Crippen LogP contribution is -2.34. The highest BCUT2D eigenvalue weighted by molar-refractivity contribution is 5.98. The molecule has 2 unspecified atom stereocenters. The van der Waals surface area contributed by atoms with Gasteiger partial charge < -0.3 is 15.4 Å². The minimum absolute atomic E-state index is 0.0277. The van der Waals surface area contributed by atoms with E-state index in [1.165, 1.54) is 18.2 Å². The molecule has 3 rings (SSSR count). The van der Waals surface area contributed by atoms with Crippen molar-refractivity contribution < 1.29 is 14.5 Å².